The maximum absolute atomic E-state index is 11.5. The number of carboxylic acid groups (broad SMARTS) is 2. The van der Waals surface area contributed by atoms with E-state index in [-0.39, 0.29) is 23.1 Å². The summed E-state index contributed by atoms with van der Waals surface area (Å²) in [6.07, 6.45) is 2.10. The minimum Gasteiger partial charge on any atom is -0.480 e. The van der Waals surface area contributed by atoms with E-state index in [4.69, 9.17) is 6.57 Å². The molecule has 2 aliphatic heterocycles. The molecule has 1 aromatic rings. The average molecular weight is 356 g/mol. The molecule has 0 amide bonds. The summed E-state index contributed by atoms with van der Waals surface area (Å²) in [5.74, 6) is -2.00. The van der Waals surface area contributed by atoms with Crippen molar-refractivity contribution in [1.82, 2.24) is 9.97 Å². The van der Waals surface area contributed by atoms with Crippen molar-refractivity contribution in [2.45, 2.75) is 37.8 Å². The van der Waals surface area contributed by atoms with Crippen LogP contribution in [0.2, 0.25) is 0 Å². The molecule has 3 heterocycles. The fraction of sp³-hybridized carbons (Fsp3) is 0.500. The third kappa shape index (κ3) is 2.86. The first-order valence-electron chi connectivity index (χ1n) is 8.16. The number of carboxylic acids is 2. The van der Waals surface area contributed by atoms with Crippen molar-refractivity contribution in [2.75, 3.05) is 22.9 Å². The van der Waals surface area contributed by atoms with Crippen LogP contribution in [0.15, 0.2) is 0 Å². The van der Waals surface area contributed by atoms with Crippen molar-refractivity contribution < 1.29 is 19.8 Å². The number of hydrogen-bond donors (Lipinski definition) is 2. The van der Waals surface area contributed by atoms with Crippen LogP contribution in [-0.2, 0) is 9.59 Å². The number of carbonyl (C=O) groups is 2. The molecule has 0 aromatic carbocycles. The molecule has 2 N–H and O–H groups in total. The van der Waals surface area contributed by atoms with Gasteiger partial charge in [0.05, 0.1) is 0 Å². The van der Waals surface area contributed by atoms with Crippen LogP contribution in [0.3, 0.4) is 0 Å². The van der Waals surface area contributed by atoms with E-state index in [2.05, 4.69) is 14.8 Å². The number of aliphatic carboxylic acids is 2. The minimum atomic E-state index is -1.02. The Labute approximate surface area is 149 Å². The van der Waals surface area contributed by atoms with Gasteiger partial charge in [-0.05, 0) is 25.7 Å². The summed E-state index contributed by atoms with van der Waals surface area (Å²) >= 11 is 0. The molecule has 10 nitrogen and oxygen atoms in total. The molecular formula is C16H16N6O4. The topological polar surface area (TPSA) is 135 Å². The summed E-state index contributed by atoms with van der Waals surface area (Å²) in [6, 6.07) is 0.230. The molecule has 2 aliphatic rings. The summed E-state index contributed by atoms with van der Waals surface area (Å²) < 4.78 is 0. The Balaban J connectivity index is 2.11. The normalized spacial score (nSPS) is 22.1. The lowest BCUT2D eigenvalue weighted by Gasteiger charge is -2.27. The van der Waals surface area contributed by atoms with Gasteiger partial charge < -0.3 is 24.9 Å². The van der Waals surface area contributed by atoms with Crippen LogP contribution in [-0.4, -0.2) is 57.3 Å². The molecule has 2 fully saturated rings. The predicted octanol–water partition coefficient (Wildman–Crippen LogP) is 1.01. The summed E-state index contributed by atoms with van der Waals surface area (Å²) in [5, 5.41) is 28.2. The van der Waals surface area contributed by atoms with Gasteiger partial charge >= 0.3 is 17.8 Å². The highest BCUT2D eigenvalue weighted by Crippen LogP contribution is 2.36. The first-order valence-corrected chi connectivity index (χ1v) is 8.16. The maximum atomic E-state index is 11.5. The highest BCUT2D eigenvalue weighted by Gasteiger charge is 2.38. The molecule has 2 saturated heterocycles. The molecule has 134 valence electrons. The number of anilines is 2. The number of rotatable bonds is 4. The molecule has 0 saturated carbocycles. The van der Waals surface area contributed by atoms with Crippen LogP contribution < -0.4 is 9.80 Å². The van der Waals surface area contributed by atoms with E-state index in [1.54, 1.807) is 0 Å². The van der Waals surface area contributed by atoms with Gasteiger partial charge in [0.2, 0.25) is 0 Å². The number of aromatic nitrogens is 2. The van der Waals surface area contributed by atoms with Gasteiger partial charge in [-0.25, -0.2) is 14.6 Å². The minimum absolute atomic E-state index is 0.0925. The molecule has 0 spiro atoms. The molecule has 10 heteroatoms. The second-order valence-electron chi connectivity index (χ2n) is 6.15. The first kappa shape index (κ1) is 17.4. The summed E-state index contributed by atoms with van der Waals surface area (Å²) in [4.78, 5) is 37.7. The number of nitrogens with zero attached hydrogens (tertiary/aromatic N) is 6. The lowest BCUT2D eigenvalue weighted by atomic mass is 10.2. The van der Waals surface area contributed by atoms with E-state index in [0.717, 1.165) is 0 Å². The van der Waals surface area contributed by atoms with Gasteiger partial charge in [0.25, 0.3) is 5.69 Å². The third-order valence-electron chi connectivity index (χ3n) is 4.67. The van der Waals surface area contributed by atoms with Gasteiger partial charge in [-0.3, -0.25) is 0 Å². The van der Waals surface area contributed by atoms with Gasteiger partial charge in [0, 0.05) is 13.1 Å². The number of hydrogen-bond acceptors (Lipinski definition) is 7. The Morgan fingerprint density at radius 1 is 1.08 bits per heavy atom. The highest BCUT2D eigenvalue weighted by molar-refractivity contribution is 5.82. The zero-order chi connectivity index (χ0) is 18.8. The number of nitriles is 1. The summed E-state index contributed by atoms with van der Waals surface area (Å²) in [5.41, 5.74) is -0.126. The molecule has 0 bridgehead atoms. The summed E-state index contributed by atoms with van der Waals surface area (Å²) in [7, 11) is 0. The fourth-order valence-corrected chi connectivity index (χ4v) is 3.51. The van der Waals surface area contributed by atoms with Gasteiger partial charge in [0.1, 0.15) is 18.2 Å². The van der Waals surface area contributed by atoms with E-state index in [1.807, 2.05) is 6.07 Å². The van der Waals surface area contributed by atoms with E-state index in [1.165, 1.54) is 9.80 Å². The molecule has 3 rings (SSSR count). The van der Waals surface area contributed by atoms with Crippen molar-refractivity contribution in [2.24, 2.45) is 0 Å². The van der Waals surface area contributed by atoms with Crippen molar-refractivity contribution in [3.8, 4) is 6.07 Å². The molecule has 0 radical (unpaired) electrons. The second-order valence-corrected chi connectivity index (χ2v) is 6.15. The zero-order valence-electron chi connectivity index (χ0n) is 13.8. The third-order valence-corrected chi connectivity index (χ3v) is 4.67. The SMILES string of the molecule is [C-]#[N+]c1nc(C#N)c(N2CCCC2C(=O)O)nc1N1CCCC1C(=O)O. The lowest BCUT2D eigenvalue weighted by molar-refractivity contribution is -0.139. The van der Waals surface area contributed by atoms with Crippen LogP contribution in [0.1, 0.15) is 31.4 Å². The van der Waals surface area contributed by atoms with Gasteiger partial charge in [-0.2, -0.15) is 5.26 Å². The van der Waals surface area contributed by atoms with Crippen LogP contribution in [0.5, 0.6) is 0 Å². The second kappa shape index (κ2) is 6.84. The van der Waals surface area contributed by atoms with Gasteiger partial charge in [0.15, 0.2) is 11.6 Å². The van der Waals surface area contributed by atoms with Crippen LogP contribution in [0, 0.1) is 17.9 Å². The molecule has 0 aliphatic carbocycles. The van der Waals surface area contributed by atoms with Crippen molar-refractivity contribution in [3.63, 3.8) is 0 Å². The quantitative estimate of drug-likeness (QED) is 0.757. The van der Waals surface area contributed by atoms with Gasteiger partial charge in [-0.15, -0.1) is 4.98 Å². The Bertz CT molecular complexity index is 777. The van der Waals surface area contributed by atoms with Crippen molar-refractivity contribution >= 4 is 29.4 Å². The average Bonchev–Trinajstić information content (AvgIpc) is 3.29. The fourth-order valence-electron chi connectivity index (χ4n) is 3.51. The largest absolute Gasteiger partial charge is 0.480 e. The lowest BCUT2D eigenvalue weighted by Crippen LogP contribution is -2.39. The Hall–Kier alpha value is -3.40. The first-order chi connectivity index (χ1) is 12.5. The van der Waals surface area contributed by atoms with E-state index in [0.29, 0.717) is 38.8 Å². The van der Waals surface area contributed by atoms with E-state index in [9.17, 15) is 25.1 Å². The monoisotopic (exact) mass is 356 g/mol. The van der Waals surface area contributed by atoms with Crippen LogP contribution in [0.25, 0.3) is 4.85 Å². The molecule has 26 heavy (non-hydrogen) atoms. The Morgan fingerprint density at radius 3 is 2.08 bits per heavy atom. The molecular weight excluding hydrogens is 340 g/mol. The van der Waals surface area contributed by atoms with E-state index >= 15 is 0 Å². The predicted molar refractivity (Wildman–Crippen MR) is 89.0 cm³/mol. The molecule has 2 atom stereocenters. The Kier molecular flexibility index (Phi) is 4.59. The van der Waals surface area contributed by atoms with Crippen molar-refractivity contribution in [1.29, 1.82) is 5.26 Å². The van der Waals surface area contributed by atoms with E-state index < -0.39 is 24.0 Å². The highest BCUT2D eigenvalue weighted by atomic mass is 16.4. The smallest absolute Gasteiger partial charge is 0.326 e. The maximum Gasteiger partial charge on any atom is 0.326 e. The standard InChI is InChI=1S/C16H16N6O4/c1-18-12-14(22-7-3-5-11(22)16(25)26)20-13(9(8-17)19-12)21-6-2-4-10(21)15(23)24/h10-11H,2-7H2,(H,23,24)(H,25,26). The zero-order valence-corrected chi connectivity index (χ0v) is 13.8. The van der Waals surface area contributed by atoms with Crippen LogP contribution in [0.4, 0.5) is 17.5 Å². The molecule has 2 unspecified atom stereocenters. The van der Waals surface area contributed by atoms with Crippen molar-refractivity contribution in [3.05, 3.63) is 17.1 Å². The Morgan fingerprint density at radius 2 is 1.62 bits per heavy atom. The molecule has 1 aromatic heterocycles. The summed E-state index contributed by atoms with van der Waals surface area (Å²) in [6.45, 7) is 8.12. The van der Waals surface area contributed by atoms with Gasteiger partial charge in [-0.1, -0.05) is 6.57 Å². The van der Waals surface area contributed by atoms with Crippen LogP contribution >= 0.6 is 0 Å².